The number of hydrogen-bond acceptors (Lipinski definition) is 5. The van der Waals surface area contributed by atoms with Crippen molar-refractivity contribution in [1.29, 1.82) is 0 Å². The standard InChI is InChI=1S/C13H20N2O3S/c1-3-18-13(17)10-7-8-19-12(10)15-11(16)6-4-5-9(2)14/h7-9H,3-6,14H2,1-2H3,(H,15,16). The van der Waals surface area contributed by atoms with Gasteiger partial charge in [0.2, 0.25) is 5.91 Å². The molecule has 0 bridgehead atoms. The van der Waals surface area contributed by atoms with E-state index in [-0.39, 0.29) is 11.9 Å². The maximum atomic E-state index is 11.7. The molecule has 0 aliphatic heterocycles. The summed E-state index contributed by atoms with van der Waals surface area (Å²) in [7, 11) is 0. The zero-order chi connectivity index (χ0) is 14.3. The van der Waals surface area contributed by atoms with Gasteiger partial charge in [-0.25, -0.2) is 4.79 Å². The van der Waals surface area contributed by atoms with Gasteiger partial charge in [0.1, 0.15) is 5.00 Å². The fourth-order valence-electron chi connectivity index (χ4n) is 1.55. The topological polar surface area (TPSA) is 81.4 Å². The van der Waals surface area contributed by atoms with Crippen LogP contribution in [0.5, 0.6) is 0 Å². The molecule has 6 heteroatoms. The highest BCUT2D eigenvalue weighted by Crippen LogP contribution is 2.24. The molecule has 1 aromatic rings. The molecule has 1 atom stereocenters. The van der Waals surface area contributed by atoms with Gasteiger partial charge in [0.05, 0.1) is 12.2 Å². The molecule has 1 unspecified atom stereocenters. The lowest BCUT2D eigenvalue weighted by molar-refractivity contribution is -0.116. The Bertz CT molecular complexity index is 429. The Morgan fingerprint density at radius 2 is 2.26 bits per heavy atom. The molecule has 0 saturated heterocycles. The Morgan fingerprint density at radius 3 is 2.89 bits per heavy atom. The molecule has 1 rings (SSSR count). The normalized spacial score (nSPS) is 11.9. The number of carbonyl (C=O) groups is 2. The van der Waals surface area contributed by atoms with E-state index in [1.165, 1.54) is 11.3 Å². The molecule has 1 heterocycles. The first-order valence-electron chi connectivity index (χ1n) is 6.34. The van der Waals surface area contributed by atoms with E-state index in [2.05, 4.69) is 5.32 Å². The van der Waals surface area contributed by atoms with Crippen molar-refractivity contribution in [3.05, 3.63) is 17.0 Å². The Morgan fingerprint density at radius 1 is 1.53 bits per heavy atom. The molecular weight excluding hydrogens is 264 g/mol. The van der Waals surface area contributed by atoms with Gasteiger partial charge in [0.25, 0.3) is 0 Å². The predicted molar refractivity (Wildman–Crippen MR) is 76.4 cm³/mol. The second-order valence-electron chi connectivity index (χ2n) is 4.30. The van der Waals surface area contributed by atoms with Crippen molar-refractivity contribution < 1.29 is 14.3 Å². The number of nitrogens with one attached hydrogen (secondary N) is 1. The van der Waals surface area contributed by atoms with E-state index in [1.54, 1.807) is 18.4 Å². The van der Waals surface area contributed by atoms with E-state index in [0.29, 0.717) is 23.6 Å². The van der Waals surface area contributed by atoms with E-state index in [4.69, 9.17) is 10.5 Å². The Kier molecular flexibility index (Phi) is 6.52. The first-order valence-corrected chi connectivity index (χ1v) is 7.22. The van der Waals surface area contributed by atoms with E-state index >= 15 is 0 Å². The molecular formula is C13H20N2O3S. The Labute approximate surface area is 117 Å². The molecule has 0 radical (unpaired) electrons. The molecule has 0 spiro atoms. The molecule has 5 nitrogen and oxygen atoms in total. The van der Waals surface area contributed by atoms with Crippen LogP contribution in [0.25, 0.3) is 0 Å². The number of ether oxygens (including phenoxy) is 1. The smallest absolute Gasteiger partial charge is 0.341 e. The summed E-state index contributed by atoms with van der Waals surface area (Å²) in [6.07, 6.45) is 1.95. The minimum Gasteiger partial charge on any atom is -0.462 e. The number of thiophene rings is 1. The van der Waals surface area contributed by atoms with Gasteiger partial charge < -0.3 is 15.8 Å². The number of amides is 1. The first kappa shape index (κ1) is 15.7. The lowest BCUT2D eigenvalue weighted by atomic mass is 10.1. The molecule has 0 aliphatic rings. The molecule has 0 fully saturated rings. The van der Waals surface area contributed by atoms with Gasteiger partial charge in [-0.15, -0.1) is 11.3 Å². The van der Waals surface area contributed by atoms with Gasteiger partial charge in [-0.2, -0.15) is 0 Å². The van der Waals surface area contributed by atoms with Gasteiger partial charge in [-0.05, 0) is 38.1 Å². The number of carbonyl (C=O) groups excluding carboxylic acids is 2. The second-order valence-corrected chi connectivity index (χ2v) is 5.22. The molecule has 19 heavy (non-hydrogen) atoms. The monoisotopic (exact) mass is 284 g/mol. The number of esters is 1. The molecule has 0 aromatic carbocycles. The lowest BCUT2D eigenvalue weighted by Crippen LogP contribution is -2.17. The van der Waals surface area contributed by atoms with Gasteiger partial charge in [0.15, 0.2) is 0 Å². The maximum Gasteiger partial charge on any atom is 0.341 e. The summed E-state index contributed by atoms with van der Waals surface area (Å²) in [6, 6.07) is 1.75. The van der Waals surface area contributed by atoms with Crippen LogP contribution >= 0.6 is 11.3 Å². The Hall–Kier alpha value is -1.40. The van der Waals surface area contributed by atoms with Crippen molar-refractivity contribution in [2.45, 2.75) is 39.2 Å². The van der Waals surface area contributed by atoms with Crippen LogP contribution in [0.2, 0.25) is 0 Å². The van der Waals surface area contributed by atoms with Crippen LogP contribution in [0.15, 0.2) is 11.4 Å². The summed E-state index contributed by atoms with van der Waals surface area (Å²) in [5, 5.41) is 5.04. The van der Waals surface area contributed by atoms with Crippen molar-refractivity contribution in [3.63, 3.8) is 0 Å². The third kappa shape index (κ3) is 5.40. The average molecular weight is 284 g/mol. The number of hydrogen-bond donors (Lipinski definition) is 2. The summed E-state index contributed by atoms with van der Waals surface area (Å²) in [5.41, 5.74) is 6.03. The molecule has 1 aromatic heterocycles. The number of nitrogens with two attached hydrogens (primary N) is 1. The predicted octanol–water partition coefficient (Wildman–Crippen LogP) is 2.38. The zero-order valence-corrected chi connectivity index (χ0v) is 12.1. The van der Waals surface area contributed by atoms with Gasteiger partial charge in [-0.3, -0.25) is 4.79 Å². The van der Waals surface area contributed by atoms with Crippen molar-refractivity contribution in [1.82, 2.24) is 0 Å². The van der Waals surface area contributed by atoms with Gasteiger partial charge in [-0.1, -0.05) is 0 Å². The third-order valence-corrected chi connectivity index (χ3v) is 3.31. The van der Waals surface area contributed by atoms with E-state index in [9.17, 15) is 9.59 Å². The van der Waals surface area contributed by atoms with Crippen LogP contribution in [-0.2, 0) is 9.53 Å². The van der Waals surface area contributed by atoms with Crippen LogP contribution in [0.4, 0.5) is 5.00 Å². The highest BCUT2D eigenvalue weighted by molar-refractivity contribution is 7.14. The van der Waals surface area contributed by atoms with Crippen LogP contribution in [-0.4, -0.2) is 24.5 Å². The van der Waals surface area contributed by atoms with E-state index < -0.39 is 5.97 Å². The largest absolute Gasteiger partial charge is 0.462 e. The molecule has 1 amide bonds. The van der Waals surface area contributed by atoms with Gasteiger partial charge >= 0.3 is 5.97 Å². The van der Waals surface area contributed by atoms with Crippen molar-refractivity contribution in [2.24, 2.45) is 5.73 Å². The van der Waals surface area contributed by atoms with E-state index in [1.807, 2.05) is 6.92 Å². The maximum absolute atomic E-state index is 11.7. The second kappa shape index (κ2) is 7.91. The Balaban J connectivity index is 2.50. The van der Waals surface area contributed by atoms with Crippen molar-refractivity contribution in [2.75, 3.05) is 11.9 Å². The first-order chi connectivity index (χ1) is 9.04. The fraction of sp³-hybridized carbons (Fsp3) is 0.538. The highest BCUT2D eigenvalue weighted by atomic mass is 32.1. The van der Waals surface area contributed by atoms with E-state index in [0.717, 1.165) is 12.8 Å². The molecule has 0 saturated carbocycles. The number of rotatable bonds is 7. The lowest BCUT2D eigenvalue weighted by Gasteiger charge is -2.07. The molecule has 3 N–H and O–H groups in total. The summed E-state index contributed by atoms with van der Waals surface area (Å²) in [6.45, 7) is 3.98. The fourth-order valence-corrected chi connectivity index (χ4v) is 2.34. The highest BCUT2D eigenvalue weighted by Gasteiger charge is 2.15. The molecule has 0 aliphatic carbocycles. The third-order valence-electron chi connectivity index (χ3n) is 2.48. The number of anilines is 1. The van der Waals surface area contributed by atoms with Crippen LogP contribution in [0.3, 0.4) is 0 Å². The van der Waals surface area contributed by atoms with Gasteiger partial charge in [0, 0.05) is 12.5 Å². The summed E-state index contributed by atoms with van der Waals surface area (Å²) in [5.74, 6) is -0.511. The average Bonchev–Trinajstić information content (AvgIpc) is 2.76. The quantitative estimate of drug-likeness (QED) is 0.753. The molecule has 106 valence electrons. The summed E-state index contributed by atoms with van der Waals surface area (Å²) >= 11 is 1.31. The summed E-state index contributed by atoms with van der Waals surface area (Å²) < 4.78 is 4.92. The van der Waals surface area contributed by atoms with Crippen molar-refractivity contribution in [3.8, 4) is 0 Å². The van der Waals surface area contributed by atoms with Crippen LogP contribution in [0.1, 0.15) is 43.5 Å². The minimum atomic E-state index is -0.408. The van der Waals surface area contributed by atoms with Crippen LogP contribution in [0, 0.1) is 0 Å². The zero-order valence-electron chi connectivity index (χ0n) is 11.3. The van der Waals surface area contributed by atoms with Crippen molar-refractivity contribution >= 4 is 28.2 Å². The SMILES string of the molecule is CCOC(=O)c1ccsc1NC(=O)CCCC(C)N. The summed E-state index contributed by atoms with van der Waals surface area (Å²) in [4.78, 5) is 23.4. The minimum absolute atomic E-state index is 0.102. The van der Waals surface area contributed by atoms with Crippen LogP contribution < -0.4 is 11.1 Å².